The van der Waals surface area contributed by atoms with Crippen molar-refractivity contribution < 1.29 is 9.13 Å². The second kappa shape index (κ2) is 5.07. The van der Waals surface area contributed by atoms with Gasteiger partial charge in [-0.05, 0) is 18.6 Å². The van der Waals surface area contributed by atoms with Crippen LogP contribution in [0.1, 0.15) is 6.42 Å². The zero-order valence-electron chi connectivity index (χ0n) is 7.09. The van der Waals surface area contributed by atoms with Crippen LogP contribution < -0.4 is 10.5 Å². The monoisotopic (exact) mass is 247 g/mol. The Morgan fingerprint density at radius 2 is 2.23 bits per heavy atom. The van der Waals surface area contributed by atoms with Gasteiger partial charge in [0.2, 0.25) is 0 Å². The maximum atomic E-state index is 13.1. The van der Waals surface area contributed by atoms with E-state index in [1.54, 1.807) is 12.1 Å². The van der Waals surface area contributed by atoms with Crippen molar-refractivity contribution >= 4 is 21.6 Å². The largest absolute Gasteiger partial charge is 0.490 e. The molecule has 4 heteroatoms. The first-order valence-corrected chi connectivity index (χ1v) is 5.10. The lowest BCUT2D eigenvalue weighted by Gasteiger charge is -2.06. The molecular formula is C9H11BrFNO. The lowest BCUT2D eigenvalue weighted by molar-refractivity contribution is 0.303. The maximum Gasteiger partial charge on any atom is 0.167 e. The lowest BCUT2D eigenvalue weighted by atomic mass is 10.3. The van der Waals surface area contributed by atoms with Crippen LogP contribution in [0.15, 0.2) is 18.2 Å². The summed E-state index contributed by atoms with van der Waals surface area (Å²) in [5.41, 5.74) is 5.79. The molecule has 0 spiro atoms. The van der Waals surface area contributed by atoms with Gasteiger partial charge in [-0.2, -0.15) is 0 Å². The molecule has 0 radical (unpaired) electrons. The minimum Gasteiger partial charge on any atom is -0.490 e. The summed E-state index contributed by atoms with van der Waals surface area (Å²) in [6.07, 6.45) is 0.851. The number of halogens is 2. The number of alkyl halides is 1. The van der Waals surface area contributed by atoms with Crippen molar-refractivity contribution in [3.8, 4) is 5.75 Å². The predicted octanol–water partition coefficient (Wildman–Crippen LogP) is 2.57. The summed E-state index contributed by atoms with van der Waals surface area (Å²) < 4.78 is 18.2. The Morgan fingerprint density at radius 3 is 2.85 bits per heavy atom. The molecule has 1 rings (SSSR count). The van der Waals surface area contributed by atoms with E-state index in [4.69, 9.17) is 10.5 Å². The molecule has 1 aromatic rings. The van der Waals surface area contributed by atoms with Crippen LogP contribution in [0.2, 0.25) is 0 Å². The molecule has 0 saturated heterocycles. The third kappa shape index (κ3) is 3.22. The number of hydrogen-bond acceptors (Lipinski definition) is 2. The molecule has 2 nitrogen and oxygen atoms in total. The van der Waals surface area contributed by atoms with E-state index in [1.807, 2.05) is 0 Å². The molecule has 0 bridgehead atoms. The average molecular weight is 248 g/mol. The fraction of sp³-hybridized carbons (Fsp3) is 0.333. The number of nitrogen functional groups attached to an aromatic ring is 1. The van der Waals surface area contributed by atoms with Crippen molar-refractivity contribution in [1.82, 2.24) is 0 Å². The molecule has 0 aromatic heterocycles. The van der Waals surface area contributed by atoms with E-state index in [2.05, 4.69) is 15.9 Å². The molecule has 1 aromatic carbocycles. The number of hydrogen-bond donors (Lipinski definition) is 1. The predicted molar refractivity (Wildman–Crippen MR) is 54.7 cm³/mol. The molecule has 0 heterocycles. The summed E-state index contributed by atoms with van der Waals surface area (Å²) in [5.74, 6) is -0.148. The normalized spacial score (nSPS) is 10.0. The van der Waals surface area contributed by atoms with Gasteiger partial charge in [-0.3, -0.25) is 0 Å². The van der Waals surface area contributed by atoms with Crippen LogP contribution >= 0.6 is 15.9 Å². The third-order valence-corrected chi connectivity index (χ3v) is 2.05. The Labute approximate surface area is 85.0 Å². The SMILES string of the molecule is Nc1ccc(OCCCBr)c(F)c1. The van der Waals surface area contributed by atoms with Crippen LogP contribution in [-0.2, 0) is 0 Å². The van der Waals surface area contributed by atoms with Gasteiger partial charge in [-0.1, -0.05) is 15.9 Å². The van der Waals surface area contributed by atoms with E-state index in [9.17, 15) is 4.39 Å². The van der Waals surface area contributed by atoms with Crippen LogP contribution in [0.5, 0.6) is 5.75 Å². The van der Waals surface area contributed by atoms with Crippen molar-refractivity contribution in [2.24, 2.45) is 0 Å². The molecule has 0 fully saturated rings. The van der Waals surface area contributed by atoms with E-state index in [0.717, 1.165) is 11.8 Å². The first kappa shape index (κ1) is 10.3. The average Bonchev–Trinajstić information content (AvgIpc) is 2.09. The summed E-state index contributed by atoms with van der Waals surface area (Å²) >= 11 is 3.26. The van der Waals surface area contributed by atoms with Gasteiger partial charge in [0.15, 0.2) is 11.6 Å². The van der Waals surface area contributed by atoms with Crippen LogP contribution in [0.3, 0.4) is 0 Å². The van der Waals surface area contributed by atoms with Crippen molar-refractivity contribution in [3.05, 3.63) is 24.0 Å². The van der Waals surface area contributed by atoms with Crippen LogP contribution in [0.25, 0.3) is 0 Å². The second-order valence-electron chi connectivity index (χ2n) is 2.58. The minimum absolute atomic E-state index is 0.259. The zero-order valence-corrected chi connectivity index (χ0v) is 8.68. The highest BCUT2D eigenvalue weighted by Crippen LogP contribution is 2.19. The first-order chi connectivity index (χ1) is 6.24. The molecule has 2 N–H and O–H groups in total. The fourth-order valence-corrected chi connectivity index (χ4v) is 1.10. The Morgan fingerprint density at radius 1 is 1.46 bits per heavy atom. The number of anilines is 1. The minimum atomic E-state index is -0.408. The van der Waals surface area contributed by atoms with E-state index in [1.165, 1.54) is 6.07 Å². The van der Waals surface area contributed by atoms with Gasteiger partial charge in [0.1, 0.15) is 0 Å². The molecule has 0 aliphatic heterocycles. The van der Waals surface area contributed by atoms with Gasteiger partial charge in [0, 0.05) is 17.1 Å². The summed E-state index contributed by atoms with van der Waals surface area (Å²) in [7, 11) is 0. The molecular weight excluding hydrogens is 237 g/mol. The van der Waals surface area contributed by atoms with Gasteiger partial charge in [-0.15, -0.1) is 0 Å². The molecule has 0 aliphatic rings. The van der Waals surface area contributed by atoms with Gasteiger partial charge >= 0.3 is 0 Å². The highest BCUT2D eigenvalue weighted by molar-refractivity contribution is 9.09. The standard InChI is InChI=1S/C9H11BrFNO/c10-4-1-5-13-9-3-2-7(12)6-8(9)11/h2-3,6H,1,4-5,12H2. The molecule has 0 aliphatic carbocycles. The van der Waals surface area contributed by atoms with E-state index >= 15 is 0 Å². The van der Waals surface area contributed by atoms with Gasteiger partial charge in [0.25, 0.3) is 0 Å². The summed E-state index contributed by atoms with van der Waals surface area (Å²) in [4.78, 5) is 0. The summed E-state index contributed by atoms with van der Waals surface area (Å²) in [5, 5.41) is 0.851. The van der Waals surface area contributed by atoms with Crippen LogP contribution in [0.4, 0.5) is 10.1 Å². The van der Waals surface area contributed by atoms with E-state index in [0.29, 0.717) is 12.3 Å². The second-order valence-corrected chi connectivity index (χ2v) is 3.37. The van der Waals surface area contributed by atoms with Gasteiger partial charge < -0.3 is 10.5 Å². The topological polar surface area (TPSA) is 35.2 Å². The third-order valence-electron chi connectivity index (χ3n) is 1.49. The lowest BCUT2D eigenvalue weighted by Crippen LogP contribution is -2.00. The molecule has 0 unspecified atom stereocenters. The number of nitrogens with two attached hydrogens (primary N) is 1. The Bertz CT molecular complexity index is 280. The number of rotatable bonds is 4. The van der Waals surface area contributed by atoms with Crippen molar-refractivity contribution in [1.29, 1.82) is 0 Å². The molecule has 0 atom stereocenters. The summed E-state index contributed by atoms with van der Waals surface area (Å²) in [6, 6.07) is 4.41. The van der Waals surface area contributed by atoms with Crippen molar-refractivity contribution in [2.75, 3.05) is 17.7 Å². The van der Waals surface area contributed by atoms with Crippen molar-refractivity contribution in [3.63, 3.8) is 0 Å². The highest BCUT2D eigenvalue weighted by Gasteiger charge is 2.02. The molecule has 72 valence electrons. The Balaban J connectivity index is 2.56. The quantitative estimate of drug-likeness (QED) is 0.505. The van der Waals surface area contributed by atoms with E-state index < -0.39 is 5.82 Å². The van der Waals surface area contributed by atoms with Gasteiger partial charge in [-0.25, -0.2) is 4.39 Å². The van der Waals surface area contributed by atoms with Crippen LogP contribution in [-0.4, -0.2) is 11.9 Å². The first-order valence-electron chi connectivity index (χ1n) is 3.98. The zero-order chi connectivity index (χ0) is 9.68. The van der Waals surface area contributed by atoms with Crippen LogP contribution in [0, 0.1) is 5.82 Å². The fourth-order valence-electron chi connectivity index (χ4n) is 0.871. The molecule has 13 heavy (non-hydrogen) atoms. The number of ether oxygens (including phenoxy) is 1. The highest BCUT2D eigenvalue weighted by atomic mass is 79.9. The Hall–Kier alpha value is -0.770. The summed E-state index contributed by atoms with van der Waals surface area (Å²) in [6.45, 7) is 0.506. The number of benzene rings is 1. The Kier molecular flexibility index (Phi) is 4.02. The van der Waals surface area contributed by atoms with E-state index in [-0.39, 0.29) is 5.75 Å². The smallest absolute Gasteiger partial charge is 0.167 e. The molecule has 0 amide bonds. The van der Waals surface area contributed by atoms with Crippen molar-refractivity contribution in [2.45, 2.75) is 6.42 Å². The molecule has 0 saturated carbocycles. The van der Waals surface area contributed by atoms with Gasteiger partial charge in [0.05, 0.1) is 6.61 Å². The maximum absolute atomic E-state index is 13.1.